The second kappa shape index (κ2) is 6.84. The number of carbonyl (C=O) groups is 2. The van der Waals surface area contributed by atoms with Crippen molar-refractivity contribution in [1.82, 2.24) is 10.2 Å². The number of halogens is 2. The van der Waals surface area contributed by atoms with Crippen molar-refractivity contribution in [3.8, 4) is 0 Å². The van der Waals surface area contributed by atoms with Crippen LogP contribution < -0.4 is 5.32 Å². The Morgan fingerprint density at radius 1 is 1.04 bits per heavy atom. The van der Waals surface area contributed by atoms with Gasteiger partial charge in [-0.2, -0.15) is 0 Å². The SMILES string of the molecule is CC(C)(C)c1ccc(C2(C)NC(=O)N(Cc3ccc(Cl)cc3Cl)C2=O)cc1. The highest BCUT2D eigenvalue weighted by atomic mass is 35.5. The lowest BCUT2D eigenvalue weighted by Crippen LogP contribution is -2.40. The summed E-state index contributed by atoms with van der Waals surface area (Å²) in [5, 5.41) is 3.75. The van der Waals surface area contributed by atoms with Crippen molar-refractivity contribution in [3.05, 3.63) is 69.2 Å². The molecule has 1 saturated heterocycles. The molecule has 0 aromatic heterocycles. The number of nitrogens with zero attached hydrogens (tertiary/aromatic N) is 1. The van der Waals surface area contributed by atoms with Crippen LogP contribution in [0, 0.1) is 0 Å². The first-order chi connectivity index (χ1) is 12.5. The molecular weight excluding hydrogens is 383 g/mol. The van der Waals surface area contributed by atoms with Crippen LogP contribution in [-0.4, -0.2) is 16.8 Å². The van der Waals surface area contributed by atoms with E-state index in [1.807, 2.05) is 24.3 Å². The summed E-state index contributed by atoms with van der Waals surface area (Å²) in [7, 11) is 0. The maximum atomic E-state index is 13.1. The highest BCUT2D eigenvalue weighted by Gasteiger charge is 2.49. The summed E-state index contributed by atoms with van der Waals surface area (Å²) >= 11 is 12.1. The van der Waals surface area contributed by atoms with Crippen molar-refractivity contribution in [2.24, 2.45) is 0 Å². The number of urea groups is 1. The third kappa shape index (κ3) is 3.69. The molecule has 0 radical (unpaired) electrons. The van der Waals surface area contributed by atoms with Gasteiger partial charge in [-0.05, 0) is 41.2 Å². The van der Waals surface area contributed by atoms with E-state index >= 15 is 0 Å². The van der Waals surface area contributed by atoms with E-state index in [0.29, 0.717) is 15.6 Å². The average molecular weight is 405 g/mol. The number of imide groups is 1. The number of carbonyl (C=O) groups excluding carboxylic acids is 2. The fourth-order valence-electron chi connectivity index (χ4n) is 3.16. The van der Waals surface area contributed by atoms with E-state index in [0.717, 1.165) is 11.1 Å². The molecule has 1 heterocycles. The minimum absolute atomic E-state index is 0.0136. The Bertz CT molecular complexity index is 903. The second-order valence-corrected chi connectivity index (χ2v) is 8.85. The van der Waals surface area contributed by atoms with Crippen LogP contribution in [0.25, 0.3) is 0 Å². The molecule has 3 amide bonds. The number of hydrogen-bond acceptors (Lipinski definition) is 2. The summed E-state index contributed by atoms with van der Waals surface area (Å²) in [5.41, 5.74) is 1.48. The molecule has 1 unspecified atom stereocenters. The Morgan fingerprint density at radius 3 is 2.22 bits per heavy atom. The van der Waals surface area contributed by atoms with Gasteiger partial charge in [-0.3, -0.25) is 9.69 Å². The standard InChI is InChI=1S/C21H22Cl2N2O2/c1-20(2,3)14-6-8-15(9-7-14)21(4)18(26)25(19(27)24-21)12-13-5-10-16(22)11-17(13)23/h5-11H,12H2,1-4H3,(H,24,27). The molecule has 1 atom stereocenters. The highest BCUT2D eigenvalue weighted by molar-refractivity contribution is 6.35. The highest BCUT2D eigenvalue weighted by Crippen LogP contribution is 2.32. The maximum absolute atomic E-state index is 13.1. The normalized spacial score (nSPS) is 20.1. The first-order valence-electron chi connectivity index (χ1n) is 8.71. The van der Waals surface area contributed by atoms with Gasteiger partial charge in [0.05, 0.1) is 6.54 Å². The van der Waals surface area contributed by atoms with Crippen LogP contribution in [0.1, 0.15) is 44.4 Å². The van der Waals surface area contributed by atoms with Gasteiger partial charge in [0.15, 0.2) is 0 Å². The first kappa shape index (κ1) is 19.7. The number of benzene rings is 2. The van der Waals surface area contributed by atoms with Gasteiger partial charge in [-0.15, -0.1) is 0 Å². The largest absolute Gasteiger partial charge is 0.325 e. The molecule has 1 aliphatic rings. The summed E-state index contributed by atoms with van der Waals surface area (Å²) in [6, 6.07) is 12.4. The van der Waals surface area contributed by atoms with Crippen LogP contribution in [0.15, 0.2) is 42.5 Å². The van der Waals surface area contributed by atoms with Crippen LogP contribution in [0.3, 0.4) is 0 Å². The number of amides is 3. The fourth-order valence-corrected chi connectivity index (χ4v) is 3.63. The Balaban J connectivity index is 1.88. The first-order valence-corrected chi connectivity index (χ1v) is 9.47. The molecule has 4 nitrogen and oxygen atoms in total. The molecule has 0 aliphatic carbocycles. The van der Waals surface area contributed by atoms with Gasteiger partial charge in [-0.1, -0.05) is 74.3 Å². The fraction of sp³-hybridized carbons (Fsp3) is 0.333. The van der Waals surface area contributed by atoms with E-state index in [9.17, 15) is 9.59 Å². The third-order valence-electron chi connectivity index (χ3n) is 4.95. The third-order valence-corrected chi connectivity index (χ3v) is 5.53. The zero-order valence-electron chi connectivity index (χ0n) is 15.8. The van der Waals surface area contributed by atoms with Gasteiger partial charge < -0.3 is 5.32 Å². The van der Waals surface area contributed by atoms with Crippen molar-refractivity contribution in [1.29, 1.82) is 0 Å². The van der Waals surface area contributed by atoms with Crippen LogP contribution in [0.2, 0.25) is 10.0 Å². The van der Waals surface area contributed by atoms with Gasteiger partial charge in [0.2, 0.25) is 0 Å². The van der Waals surface area contributed by atoms with Crippen molar-refractivity contribution < 1.29 is 9.59 Å². The Kier molecular flexibility index (Phi) is 5.00. The van der Waals surface area contributed by atoms with Gasteiger partial charge >= 0.3 is 6.03 Å². The van der Waals surface area contributed by atoms with E-state index < -0.39 is 11.6 Å². The van der Waals surface area contributed by atoms with E-state index in [-0.39, 0.29) is 17.9 Å². The summed E-state index contributed by atoms with van der Waals surface area (Å²) in [6.45, 7) is 8.20. The van der Waals surface area contributed by atoms with E-state index in [1.165, 1.54) is 4.90 Å². The lowest BCUT2D eigenvalue weighted by molar-refractivity contribution is -0.131. The summed E-state index contributed by atoms with van der Waals surface area (Å²) in [4.78, 5) is 26.8. The molecule has 1 aliphatic heterocycles. The topological polar surface area (TPSA) is 49.4 Å². The monoisotopic (exact) mass is 404 g/mol. The molecule has 0 spiro atoms. The summed E-state index contributed by atoms with van der Waals surface area (Å²) in [5.74, 6) is -0.304. The minimum atomic E-state index is -1.10. The molecule has 6 heteroatoms. The van der Waals surface area contributed by atoms with Gasteiger partial charge in [0, 0.05) is 10.0 Å². The molecule has 2 aromatic rings. The minimum Gasteiger partial charge on any atom is -0.319 e. The summed E-state index contributed by atoms with van der Waals surface area (Å²) < 4.78 is 0. The molecular formula is C21H22Cl2N2O2. The van der Waals surface area contributed by atoms with Gasteiger partial charge in [0.25, 0.3) is 5.91 Å². The molecule has 0 saturated carbocycles. The lowest BCUT2D eigenvalue weighted by atomic mass is 9.84. The molecule has 1 N–H and O–H groups in total. The summed E-state index contributed by atoms with van der Waals surface area (Å²) in [6.07, 6.45) is 0. The molecule has 3 rings (SSSR count). The molecule has 27 heavy (non-hydrogen) atoms. The van der Waals surface area contributed by atoms with E-state index in [4.69, 9.17) is 23.2 Å². The van der Waals surface area contributed by atoms with Crippen LogP contribution in [0.4, 0.5) is 4.79 Å². The van der Waals surface area contributed by atoms with E-state index in [1.54, 1.807) is 25.1 Å². The van der Waals surface area contributed by atoms with Crippen molar-refractivity contribution in [2.45, 2.75) is 45.2 Å². The second-order valence-electron chi connectivity index (χ2n) is 8.01. The van der Waals surface area contributed by atoms with Crippen molar-refractivity contribution in [3.63, 3.8) is 0 Å². The van der Waals surface area contributed by atoms with Gasteiger partial charge in [0.1, 0.15) is 5.54 Å². The predicted molar refractivity (Wildman–Crippen MR) is 108 cm³/mol. The van der Waals surface area contributed by atoms with Crippen molar-refractivity contribution >= 4 is 35.1 Å². The Hall–Kier alpha value is -2.04. The Labute approximate surface area is 169 Å². The zero-order chi connectivity index (χ0) is 20.0. The lowest BCUT2D eigenvalue weighted by Gasteiger charge is -2.24. The quantitative estimate of drug-likeness (QED) is 0.709. The smallest absolute Gasteiger partial charge is 0.319 e. The average Bonchev–Trinajstić information content (AvgIpc) is 2.80. The zero-order valence-corrected chi connectivity index (χ0v) is 17.3. The number of hydrogen-bond donors (Lipinski definition) is 1. The number of nitrogens with one attached hydrogen (secondary N) is 1. The van der Waals surface area contributed by atoms with Gasteiger partial charge in [-0.25, -0.2) is 4.79 Å². The van der Waals surface area contributed by atoms with Crippen molar-refractivity contribution in [2.75, 3.05) is 0 Å². The van der Waals surface area contributed by atoms with Crippen LogP contribution in [0.5, 0.6) is 0 Å². The van der Waals surface area contributed by atoms with Crippen LogP contribution in [-0.2, 0) is 22.3 Å². The van der Waals surface area contributed by atoms with Crippen LogP contribution >= 0.6 is 23.2 Å². The molecule has 0 bridgehead atoms. The predicted octanol–water partition coefficient (Wildman–Crippen LogP) is 5.26. The number of rotatable bonds is 3. The Morgan fingerprint density at radius 2 is 1.67 bits per heavy atom. The molecule has 2 aromatic carbocycles. The molecule has 1 fully saturated rings. The maximum Gasteiger partial charge on any atom is 0.325 e. The molecule has 142 valence electrons. The van der Waals surface area contributed by atoms with E-state index in [2.05, 4.69) is 26.1 Å².